The predicted molar refractivity (Wildman–Crippen MR) is 75.2 cm³/mol. The van der Waals surface area contributed by atoms with E-state index in [0.717, 1.165) is 0 Å². The number of tetrazole rings is 1. The van der Waals surface area contributed by atoms with E-state index in [4.69, 9.17) is 5.11 Å². The topological polar surface area (TPSA) is 110 Å². The van der Waals surface area contributed by atoms with E-state index in [1.165, 1.54) is 17.1 Å². The molecule has 0 spiro atoms. The zero-order chi connectivity index (χ0) is 14.7. The van der Waals surface area contributed by atoms with Crippen molar-refractivity contribution in [2.75, 3.05) is 5.32 Å². The summed E-state index contributed by atoms with van der Waals surface area (Å²) in [5.41, 5.74) is 0.148. The zero-order valence-corrected chi connectivity index (χ0v) is 12.9. The van der Waals surface area contributed by atoms with E-state index in [-0.39, 0.29) is 17.8 Å². The van der Waals surface area contributed by atoms with Crippen molar-refractivity contribution < 1.29 is 14.7 Å². The van der Waals surface area contributed by atoms with E-state index in [1.54, 1.807) is 6.07 Å². The average Bonchev–Trinajstić information content (AvgIpc) is 2.84. The van der Waals surface area contributed by atoms with Crippen molar-refractivity contribution in [1.29, 1.82) is 0 Å². The van der Waals surface area contributed by atoms with Crippen molar-refractivity contribution in [2.24, 2.45) is 0 Å². The van der Waals surface area contributed by atoms with Gasteiger partial charge in [-0.15, -0.1) is 5.10 Å². The highest BCUT2D eigenvalue weighted by atomic mass is 79.9. The lowest BCUT2D eigenvalue weighted by Gasteiger charge is -2.11. The SMILES string of the molecule is O=C(Cn1cnnn1)Nc1c(Br)cc(Br)cc1C(=O)O. The van der Waals surface area contributed by atoms with Crippen LogP contribution in [0.15, 0.2) is 27.4 Å². The van der Waals surface area contributed by atoms with Gasteiger partial charge in [-0.25, -0.2) is 9.48 Å². The number of halogens is 2. The van der Waals surface area contributed by atoms with E-state index in [2.05, 4.69) is 52.7 Å². The molecule has 0 bridgehead atoms. The minimum absolute atomic E-state index is 0.0312. The number of carbonyl (C=O) groups excluding carboxylic acids is 1. The number of hydrogen-bond acceptors (Lipinski definition) is 5. The molecule has 1 aromatic carbocycles. The minimum Gasteiger partial charge on any atom is -0.478 e. The fourth-order valence-electron chi connectivity index (χ4n) is 1.45. The summed E-state index contributed by atoms with van der Waals surface area (Å²) in [4.78, 5) is 23.0. The molecule has 1 heterocycles. The summed E-state index contributed by atoms with van der Waals surface area (Å²) in [6, 6.07) is 3.04. The van der Waals surface area contributed by atoms with Gasteiger partial charge < -0.3 is 10.4 Å². The van der Waals surface area contributed by atoms with Crippen LogP contribution in [0, 0.1) is 0 Å². The Morgan fingerprint density at radius 2 is 2.10 bits per heavy atom. The van der Waals surface area contributed by atoms with Gasteiger partial charge in [-0.05, 0) is 38.5 Å². The van der Waals surface area contributed by atoms with Crippen molar-refractivity contribution in [1.82, 2.24) is 20.2 Å². The number of amides is 1. The van der Waals surface area contributed by atoms with Gasteiger partial charge in [0.25, 0.3) is 0 Å². The van der Waals surface area contributed by atoms with Crippen LogP contribution in [-0.4, -0.2) is 37.2 Å². The molecule has 20 heavy (non-hydrogen) atoms. The van der Waals surface area contributed by atoms with Gasteiger partial charge in [0.15, 0.2) is 0 Å². The lowest BCUT2D eigenvalue weighted by atomic mass is 10.2. The first-order chi connectivity index (χ1) is 9.47. The summed E-state index contributed by atoms with van der Waals surface area (Å²) >= 11 is 6.41. The summed E-state index contributed by atoms with van der Waals surface area (Å²) in [6.45, 7) is -0.117. The monoisotopic (exact) mass is 403 g/mol. The number of nitrogens with zero attached hydrogens (tertiary/aromatic N) is 4. The highest BCUT2D eigenvalue weighted by molar-refractivity contribution is 9.11. The van der Waals surface area contributed by atoms with E-state index in [9.17, 15) is 9.59 Å². The second-order valence-electron chi connectivity index (χ2n) is 3.67. The number of hydrogen-bond donors (Lipinski definition) is 2. The number of carbonyl (C=O) groups is 2. The smallest absolute Gasteiger partial charge is 0.337 e. The van der Waals surface area contributed by atoms with Crippen LogP contribution in [0.25, 0.3) is 0 Å². The van der Waals surface area contributed by atoms with Gasteiger partial charge in [0, 0.05) is 8.95 Å². The van der Waals surface area contributed by atoms with E-state index in [0.29, 0.717) is 8.95 Å². The Bertz CT molecular complexity index is 659. The molecule has 1 amide bonds. The molecule has 0 radical (unpaired) electrons. The third-order valence-corrected chi connectivity index (χ3v) is 3.33. The second-order valence-corrected chi connectivity index (χ2v) is 5.44. The zero-order valence-electron chi connectivity index (χ0n) is 9.75. The molecule has 0 aliphatic heterocycles. The number of carboxylic acids is 1. The predicted octanol–water partition coefficient (Wildman–Crippen LogP) is 1.53. The molecule has 2 N–H and O–H groups in total. The Hall–Kier alpha value is -1.81. The van der Waals surface area contributed by atoms with E-state index < -0.39 is 11.9 Å². The normalized spacial score (nSPS) is 10.3. The van der Waals surface area contributed by atoms with E-state index in [1.807, 2.05) is 0 Å². The molecule has 0 fully saturated rings. The van der Waals surface area contributed by atoms with Crippen molar-refractivity contribution in [3.8, 4) is 0 Å². The fraction of sp³-hybridized carbons (Fsp3) is 0.100. The van der Waals surface area contributed by atoms with Gasteiger partial charge in [0.2, 0.25) is 5.91 Å². The van der Waals surface area contributed by atoms with Gasteiger partial charge in [0.1, 0.15) is 12.9 Å². The summed E-state index contributed by atoms with van der Waals surface area (Å²) in [5.74, 6) is -1.59. The van der Waals surface area contributed by atoms with Crippen LogP contribution in [0.3, 0.4) is 0 Å². The van der Waals surface area contributed by atoms with Crippen LogP contribution in [0.2, 0.25) is 0 Å². The largest absolute Gasteiger partial charge is 0.478 e. The summed E-state index contributed by atoms with van der Waals surface area (Å²) in [6.07, 6.45) is 1.29. The number of aromatic carboxylic acids is 1. The van der Waals surface area contributed by atoms with Gasteiger partial charge in [-0.2, -0.15) is 0 Å². The van der Waals surface area contributed by atoms with E-state index >= 15 is 0 Å². The highest BCUT2D eigenvalue weighted by Crippen LogP contribution is 2.30. The maximum atomic E-state index is 11.8. The number of carboxylic acid groups (broad SMARTS) is 1. The number of aromatic nitrogens is 4. The molecule has 0 saturated heterocycles. The first kappa shape index (κ1) is 14.6. The molecule has 8 nitrogen and oxygen atoms in total. The maximum absolute atomic E-state index is 11.8. The Labute approximate surface area is 129 Å². The number of rotatable bonds is 4. The molecule has 0 aliphatic rings. The quantitative estimate of drug-likeness (QED) is 0.799. The Balaban J connectivity index is 2.24. The number of benzene rings is 1. The molecule has 0 saturated carbocycles. The third-order valence-electron chi connectivity index (χ3n) is 2.25. The molecule has 104 valence electrons. The molecule has 0 aliphatic carbocycles. The van der Waals surface area contributed by atoms with Gasteiger partial charge in [0.05, 0.1) is 11.3 Å². The van der Waals surface area contributed by atoms with Crippen LogP contribution in [0.5, 0.6) is 0 Å². The van der Waals surface area contributed by atoms with Gasteiger partial charge in [-0.1, -0.05) is 15.9 Å². The van der Waals surface area contributed by atoms with Crippen LogP contribution < -0.4 is 5.32 Å². The molecule has 2 rings (SSSR count). The summed E-state index contributed by atoms with van der Waals surface area (Å²) < 4.78 is 2.26. The lowest BCUT2D eigenvalue weighted by molar-refractivity contribution is -0.116. The Kier molecular flexibility index (Phi) is 4.45. The van der Waals surface area contributed by atoms with Crippen molar-refractivity contribution in [2.45, 2.75) is 6.54 Å². The molecule has 1 aromatic heterocycles. The van der Waals surface area contributed by atoms with Gasteiger partial charge >= 0.3 is 5.97 Å². The summed E-state index contributed by atoms with van der Waals surface area (Å²) in [5, 5.41) is 22.0. The minimum atomic E-state index is -1.15. The molecule has 2 aromatic rings. The highest BCUT2D eigenvalue weighted by Gasteiger charge is 2.17. The third kappa shape index (κ3) is 3.39. The lowest BCUT2D eigenvalue weighted by Crippen LogP contribution is -2.21. The second kappa shape index (κ2) is 6.09. The van der Waals surface area contributed by atoms with Crippen molar-refractivity contribution >= 4 is 49.4 Å². The first-order valence-corrected chi connectivity index (χ1v) is 6.79. The average molecular weight is 405 g/mol. The Morgan fingerprint density at radius 3 is 2.70 bits per heavy atom. The molecule has 10 heteroatoms. The van der Waals surface area contributed by atoms with Crippen LogP contribution >= 0.6 is 31.9 Å². The molecule has 0 atom stereocenters. The van der Waals surface area contributed by atoms with Crippen molar-refractivity contribution in [3.63, 3.8) is 0 Å². The fourth-order valence-corrected chi connectivity index (χ4v) is 2.77. The van der Waals surface area contributed by atoms with Crippen LogP contribution in [0.4, 0.5) is 5.69 Å². The van der Waals surface area contributed by atoms with Crippen LogP contribution in [-0.2, 0) is 11.3 Å². The van der Waals surface area contributed by atoms with Crippen LogP contribution in [0.1, 0.15) is 10.4 Å². The number of nitrogens with one attached hydrogen (secondary N) is 1. The summed E-state index contributed by atoms with van der Waals surface area (Å²) in [7, 11) is 0. The maximum Gasteiger partial charge on any atom is 0.337 e. The Morgan fingerprint density at radius 1 is 1.35 bits per heavy atom. The van der Waals surface area contributed by atoms with Gasteiger partial charge in [-0.3, -0.25) is 4.79 Å². The standard InChI is InChI=1S/C10H7Br2N5O3/c11-5-1-6(10(19)20)9(7(12)2-5)14-8(18)3-17-4-13-15-16-17/h1-2,4H,3H2,(H,14,18)(H,19,20). The molecule has 0 unspecified atom stereocenters. The number of anilines is 1. The molecular weight excluding hydrogens is 398 g/mol. The van der Waals surface area contributed by atoms with Crippen molar-refractivity contribution in [3.05, 3.63) is 33.0 Å². The first-order valence-electron chi connectivity index (χ1n) is 5.20. The molecular formula is C10H7Br2N5O3.